The third-order valence-corrected chi connectivity index (χ3v) is 4.69. The van der Waals surface area contributed by atoms with Gasteiger partial charge in [-0.15, -0.1) is 9.36 Å². The zero-order chi connectivity index (χ0) is 18.3. The quantitative estimate of drug-likeness (QED) is 0.406. The van der Waals surface area contributed by atoms with Gasteiger partial charge in [-0.2, -0.15) is 0 Å². The van der Waals surface area contributed by atoms with Crippen LogP contribution in [0.15, 0.2) is 61.1 Å². The molecule has 2 aromatic heterocycles. The highest BCUT2D eigenvalue weighted by molar-refractivity contribution is 5.79. The molecule has 2 aromatic carbocycles. The maximum atomic E-state index is 7.55. The summed E-state index contributed by atoms with van der Waals surface area (Å²) in [4.78, 5) is 8.09. The summed E-state index contributed by atoms with van der Waals surface area (Å²) in [5.41, 5.74) is 4.77. The lowest BCUT2D eigenvalue weighted by Gasteiger charge is -2.11. The monoisotopic (exact) mass is 341 g/mol. The van der Waals surface area contributed by atoms with Crippen LogP contribution in [0.25, 0.3) is 27.1 Å². The van der Waals surface area contributed by atoms with Gasteiger partial charge in [0, 0.05) is 18.6 Å². The van der Waals surface area contributed by atoms with E-state index in [1.54, 1.807) is 6.20 Å². The topological polar surface area (TPSA) is 29.9 Å². The molecule has 0 saturated heterocycles. The number of fused-ring (bicyclic) bond motifs is 1. The Kier molecular flexibility index (Phi) is 3.74. The molecule has 126 valence electrons. The van der Waals surface area contributed by atoms with E-state index in [-0.39, 0.29) is 0 Å². The Morgan fingerprint density at radius 3 is 2.69 bits per heavy atom. The third-order valence-electron chi connectivity index (χ3n) is 4.69. The van der Waals surface area contributed by atoms with Crippen molar-refractivity contribution in [3.8, 4) is 11.4 Å². The molecule has 0 aliphatic carbocycles. The number of para-hydroxylation sites is 1. The number of aromatic nitrogens is 4. The first kappa shape index (κ1) is 16.0. The highest BCUT2D eigenvalue weighted by atomic mass is 15.4. The summed E-state index contributed by atoms with van der Waals surface area (Å²) in [6, 6.07) is 14.0. The molecule has 0 amide bonds. The number of benzene rings is 2. The predicted octanol–water partition coefficient (Wildman–Crippen LogP) is 3.29. The van der Waals surface area contributed by atoms with Gasteiger partial charge in [0.05, 0.1) is 12.0 Å². The van der Waals surface area contributed by atoms with E-state index in [9.17, 15) is 0 Å². The van der Waals surface area contributed by atoms with Crippen molar-refractivity contribution in [2.45, 2.75) is 13.8 Å². The molecule has 0 atom stereocenters. The van der Waals surface area contributed by atoms with Gasteiger partial charge < -0.3 is 0 Å². The van der Waals surface area contributed by atoms with Gasteiger partial charge in [-0.3, -0.25) is 0 Å². The molecule has 0 aliphatic rings. The van der Waals surface area contributed by atoms with Crippen LogP contribution < -0.4 is 9.25 Å². The number of rotatable bonds is 2. The minimum Gasteiger partial charge on any atom is -0.238 e. The van der Waals surface area contributed by atoms with Crippen LogP contribution in [0.4, 0.5) is 5.69 Å². The molecule has 5 nitrogen and oxygen atoms in total. The summed E-state index contributed by atoms with van der Waals surface area (Å²) in [6.45, 7) is 11.6. The van der Waals surface area contributed by atoms with Gasteiger partial charge in [-0.25, -0.2) is 9.41 Å². The Hall–Kier alpha value is -3.52. The molecule has 0 unspecified atom stereocenters. The Labute approximate surface area is 152 Å². The molecule has 26 heavy (non-hydrogen) atoms. The fourth-order valence-corrected chi connectivity index (χ4v) is 3.42. The molecule has 0 radical (unpaired) electrons. The van der Waals surface area contributed by atoms with E-state index in [2.05, 4.69) is 44.4 Å². The van der Waals surface area contributed by atoms with Crippen LogP contribution in [0.5, 0.6) is 0 Å². The molecule has 4 rings (SSSR count). The second kappa shape index (κ2) is 6.08. The van der Waals surface area contributed by atoms with Gasteiger partial charge >= 0.3 is 0 Å². The fourth-order valence-electron chi connectivity index (χ4n) is 3.42. The number of aryl methyl sites for hydroxylation is 2. The van der Waals surface area contributed by atoms with E-state index >= 15 is 0 Å². The van der Waals surface area contributed by atoms with Crippen molar-refractivity contribution in [1.82, 2.24) is 9.67 Å². The Bertz CT molecular complexity index is 1180. The van der Waals surface area contributed by atoms with Crippen LogP contribution >= 0.6 is 0 Å². The summed E-state index contributed by atoms with van der Waals surface area (Å²) in [5, 5.41) is 1.16. The van der Waals surface area contributed by atoms with Crippen molar-refractivity contribution in [3.63, 3.8) is 0 Å². The van der Waals surface area contributed by atoms with Gasteiger partial charge in [0.2, 0.25) is 6.20 Å². The Balaban J connectivity index is 2.07. The van der Waals surface area contributed by atoms with Gasteiger partial charge in [-0.05, 0) is 31.2 Å². The van der Waals surface area contributed by atoms with E-state index in [0.717, 1.165) is 33.7 Å². The van der Waals surface area contributed by atoms with E-state index in [1.807, 2.05) is 55.1 Å². The van der Waals surface area contributed by atoms with Gasteiger partial charge in [0.25, 0.3) is 5.82 Å². The smallest absolute Gasteiger partial charge is 0.238 e. The average molecular weight is 341 g/mol. The molecule has 0 aliphatic heterocycles. The molecule has 0 N–H and O–H groups in total. The number of nitrogens with zero attached hydrogens (tertiary/aromatic N) is 5. The molecule has 4 aromatic rings. The first-order valence-electron chi connectivity index (χ1n) is 8.42. The molecule has 0 saturated carbocycles. The molecule has 0 spiro atoms. The molecular weight excluding hydrogens is 322 g/mol. The molecular formula is C21H19N5+2. The standard InChI is InChI=1S/C21H19N5/c1-15-20(25-11-7-10-23-16(25)2)12-18(22-3)13-21(15)26-19-9-6-5-8-17(19)14-24(26)4/h5-14H,1-2,4H3/q+2. The zero-order valence-electron chi connectivity index (χ0n) is 15.0. The third kappa shape index (κ3) is 2.44. The van der Waals surface area contributed by atoms with E-state index in [0.29, 0.717) is 5.69 Å². The van der Waals surface area contributed by atoms with Gasteiger partial charge in [0.15, 0.2) is 12.7 Å². The highest BCUT2D eigenvalue weighted by Gasteiger charge is 2.21. The van der Waals surface area contributed by atoms with Crippen molar-refractivity contribution in [1.29, 1.82) is 0 Å². The van der Waals surface area contributed by atoms with Crippen LogP contribution in [-0.2, 0) is 7.05 Å². The van der Waals surface area contributed by atoms with Gasteiger partial charge in [0.1, 0.15) is 29.3 Å². The van der Waals surface area contributed by atoms with E-state index < -0.39 is 0 Å². The van der Waals surface area contributed by atoms with Crippen molar-refractivity contribution in [3.05, 3.63) is 83.9 Å². The van der Waals surface area contributed by atoms with Crippen LogP contribution in [0.3, 0.4) is 0 Å². The Morgan fingerprint density at radius 2 is 1.92 bits per heavy atom. The van der Waals surface area contributed by atoms with Crippen molar-refractivity contribution < 1.29 is 9.25 Å². The first-order chi connectivity index (χ1) is 12.6. The summed E-state index contributed by atoms with van der Waals surface area (Å²) in [5.74, 6) is 0.880. The lowest BCUT2D eigenvalue weighted by atomic mass is 10.1. The average Bonchev–Trinajstić information content (AvgIpc) is 2.98. The number of hydrogen-bond acceptors (Lipinski definition) is 1. The van der Waals surface area contributed by atoms with Crippen molar-refractivity contribution >= 4 is 16.6 Å². The molecule has 0 fully saturated rings. The Morgan fingerprint density at radius 1 is 1.12 bits per heavy atom. The highest BCUT2D eigenvalue weighted by Crippen LogP contribution is 2.27. The maximum Gasteiger partial charge on any atom is 0.300 e. The number of hydrogen-bond donors (Lipinski definition) is 0. The minimum absolute atomic E-state index is 0.606. The summed E-state index contributed by atoms with van der Waals surface area (Å²) < 4.78 is 6.24. The largest absolute Gasteiger partial charge is 0.300 e. The van der Waals surface area contributed by atoms with Crippen molar-refractivity contribution in [2.75, 3.05) is 0 Å². The fraction of sp³-hybridized carbons (Fsp3) is 0.143. The lowest BCUT2D eigenvalue weighted by Crippen LogP contribution is -2.39. The van der Waals surface area contributed by atoms with E-state index in [1.165, 1.54) is 0 Å². The van der Waals surface area contributed by atoms with Crippen molar-refractivity contribution in [2.24, 2.45) is 7.05 Å². The predicted molar refractivity (Wildman–Crippen MR) is 99.5 cm³/mol. The first-order valence-corrected chi connectivity index (χ1v) is 8.42. The van der Waals surface area contributed by atoms with Crippen LogP contribution in [0, 0.1) is 20.4 Å². The normalized spacial score (nSPS) is 10.8. The zero-order valence-corrected chi connectivity index (χ0v) is 15.0. The van der Waals surface area contributed by atoms with Crippen LogP contribution in [0.2, 0.25) is 0 Å². The summed E-state index contributed by atoms with van der Waals surface area (Å²) >= 11 is 0. The SMILES string of the molecule is [C-]#[N+]c1cc(-n2c3ccccc3c[n+]2C)c(C)c(-[n+]2cccnc2C)c1. The minimum atomic E-state index is 0.606. The molecule has 0 bridgehead atoms. The van der Waals surface area contributed by atoms with Gasteiger partial charge in [-0.1, -0.05) is 17.1 Å². The maximum absolute atomic E-state index is 7.55. The lowest BCUT2D eigenvalue weighted by molar-refractivity contribution is -0.741. The second-order valence-electron chi connectivity index (χ2n) is 6.33. The molecule has 5 heteroatoms. The summed E-state index contributed by atoms with van der Waals surface area (Å²) in [6.07, 6.45) is 5.86. The van der Waals surface area contributed by atoms with E-state index in [4.69, 9.17) is 6.57 Å². The second-order valence-corrected chi connectivity index (χ2v) is 6.33. The van der Waals surface area contributed by atoms with Crippen LogP contribution in [-0.4, -0.2) is 9.67 Å². The molecule has 2 heterocycles. The summed E-state index contributed by atoms with van der Waals surface area (Å²) in [7, 11) is 2.02. The van der Waals surface area contributed by atoms with Crippen LogP contribution in [0.1, 0.15) is 11.4 Å².